The first-order valence-electron chi connectivity index (χ1n) is 5.06. The molecule has 0 aliphatic heterocycles. The summed E-state index contributed by atoms with van der Waals surface area (Å²) in [5.74, 6) is 0. The van der Waals surface area contributed by atoms with Crippen LogP contribution in [0.5, 0.6) is 0 Å². The van der Waals surface area contributed by atoms with Crippen LogP contribution >= 0.6 is 15.9 Å². The Labute approximate surface area is 98.0 Å². The van der Waals surface area contributed by atoms with Crippen molar-refractivity contribution < 1.29 is 10.2 Å². The lowest BCUT2D eigenvalue weighted by molar-refractivity contribution is 0.0338. The van der Waals surface area contributed by atoms with E-state index in [9.17, 15) is 10.2 Å². The summed E-state index contributed by atoms with van der Waals surface area (Å²) >= 11 is 3.14. The molecule has 0 aromatic carbocycles. The van der Waals surface area contributed by atoms with Gasteiger partial charge in [0.15, 0.2) is 0 Å². The van der Waals surface area contributed by atoms with Gasteiger partial charge in [-0.05, 0) is 13.3 Å². The van der Waals surface area contributed by atoms with Crippen LogP contribution in [0.1, 0.15) is 30.7 Å². The molecule has 2 unspecified atom stereocenters. The topological polar surface area (TPSA) is 58.3 Å². The van der Waals surface area contributed by atoms with E-state index < -0.39 is 12.2 Å². The molecular weight excluding hydrogens is 260 g/mol. The summed E-state index contributed by atoms with van der Waals surface area (Å²) in [4.78, 5) is 0. The molecule has 1 aromatic heterocycles. The standard InChI is InChI=1S/C10H17BrN2O2/c1-3-4-13-7(2)8(6-12-13)10(15)9(14)5-11/h6,9-10,14-15H,3-5H2,1-2H3. The number of hydrogen-bond donors (Lipinski definition) is 2. The molecule has 0 saturated heterocycles. The van der Waals surface area contributed by atoms with E-state index in [1.54, 1.807) is 6.20 Å². The molecule has 5 heteroatoms. The number of nitrogens with zero attached hydrogens (tertiary/aromatic N) is 2. The number of halogens is 1. The summed E-state index contributed by atoms with van der Waals surface area (Å²) in [5.41, 5.74) is 1.62. The van der Waals surface area contributed by atoms with Crippen molar-refractivity contribution in [3.63, 3.8) is 0 Å². The Bertz CT molecular complexity index is 314. The maximum Gasteiger partial charge on any atom is 0.109 e. The second-order valence-corrected chi connectivity index (χ2v) is 4.22. The number of aliphatic hydroxyl groups excluding tert-OH is 2. The Morgan fingerprint density at radius 3 is 2.73 bits per heavy atom. The van der Waals surface area contributed by atoms with Crippen molar-refractivity contribution in [1.29, 1.82) is 0 Å². The van der Waals surface area contributed by atoms with E-state index in [2.05, 4.69) is 28.0 Å². The van der Waals surface area contributed by atoms with E-state index in [0.29, 0.717) is 10.9 Å². The molecule has 0 saturated carbocycles. The highest BCUT2D eigenvalue weighted by Gasteiger charge is 2.21. The predicted octanol–water partition coefficient (Wildman–Crippen LogP) is 1.39. The second kappa shape index (κ2) is 5.63. The maximum absolute atomic E-state index is 9.82. The van der Waals surface area contributed by atoms with E-state index >= 15 is 0 Å². The van der Waals surface area contributed by atoms with Gasteiger partial charge in [-0.2, -0.15) is 5.10 Å². The summed E-state index contributed by atoms with van der Waals surface area (Å²) < 4.78 is 1.85. The van der Waals surface area contributed by atoms with Crippen LogP contribution in [0.25, 0.3) is 0 Å². The lowest BCUT2D eigenvalue weighted by Crippen LogP contribution is -2.20. The fourth-order valence-electron chi connectivity index (χ4n) is 1.48. The molecule has 0 fully saturated rings. The average molecular weight is 277 g/mol. The van der Waals surface area contributed by atoms with Crippen LogP contribution in [-0.4, -0.2) is 31.4 Å². The highest BCUT2D eigenvalue weighted by molar-refractivity contribution is 9.09. The molecular formula is C10H17BrN2O2. The zero-order valence-corrected chi connectivity index (χ0v) is 10.6. The molecule has 0 radical (unpaired) electrons. The van der Waals surface area contributed by atoms with Crippen LogP contribution in [0.3, 0.4) is 0 Å². The van der Waals surface area contributed by atoms with Gasteiger partial charge in [0, 0.05) is 23.1 Å². The Morgan fingerprint density at radius 1 is 1.53 bits per heavy atom. The number of aromatic nitrogens is 2. The zero-order valence-electron chi connectivity index (χ0n) is 9.02. The molecule has 0 spiro atoms. The Hall–Kier alpha value is -0.390. The van der Waals surface area contributed by atoms with Crippen molar-refractivity contribution >= 4 is 15.9 Å². The van der Waals surface area contributed by atoms with Gasteiger partial charge in [-0.3, -0.25) is 4.68 Å². The molecule has 0 amide bonds. The number of aliphatic hydroxyl groups is 2. The molecule has 0 bridgehead atoms. The smallest absolute Gasteiger partial charge is 0.109 e. The second-order valence-electron chi connectivity index (χ2n) is 3.57. The van der Waals surface area contributed by atoms with Gasteiger partial charge in [-0.25, -0.2) is 0 Å². The third-order valence-corrected chi connectivity index (χ3v) is 3.08. The van der Waals surface area contributed by atoms with Crippen molar-refractivity contribution in [2.75, 3.05) is 5.33 Å². The molecule has 1 aromatic rings. The minimum absolute atomic E-state index is 0.354. The normalized spacial score (nSPS) is 15.3. The van der Waals surface area contributed by atoms with Gasteiger partial charge >= 0.3 is 0 Å². The van der Waals surface area contributed by atoms with E-state index in [1.807, 2.05) is 11.6 Å². The maximum atomic E-state index is 9.82. The molecule has 1 heterocycles. The first-order chi connectivity index (χ1) is 7.11. The number of hydrogen-bond acceptors (Lipinski definition) is 3. The first kappa shape index (κ1) is 12.7. The molecule has 0 aliphatic rings. The molecule has 0 aliphatic carbocycles. The van der Waals surface area contributed by atoms with E-state index in [0.717, 1.165) is 18.7 Å². The Kier molecular flexibility index (Phi) is 4.76. The predicted molar refractivity (Wildman–Crippen MR) is 62.0 cm³/mol. The number of alkyl halides is 1. The van der Waals surface area contributed by atoms with Crippen LogP contribution in [0, 0.1) is 6.92 Å². The summed E-state index contributed by atoms with van der Waals surface area (Å²) in [6, 6.07) is 0. The van der Waals surface area contributed by atoms with Crippen LogP contribution in [0.2, 0.25) is 0 Å². The van der Waals surface area contributed by atoms with Gasteiger partial charge < -0.3 is 10.2 Å². The summed E-state index contributed by atoms with van der Waals surface area (Å²) in [5, 5.41) is 23.9. The Morgan fingerprint density at radius 2 is 2.20 bits per heavy atom. The summed E-state index contributed by atoms with van der Waals surface area (Å²) in [6.07, 6.45) is 0.971. The van der Waals surface area contributed by atoms with Gasteiger partial charge in [0.1, 0.15) is 6.10 Å². The highest BCUT2D eigenvalue weighted by atomic mass is 79.9. The van der Waals surface area contributed by atoms with Crippen LogP contribution < -0.4 is 0 Å². The summed E-state index contributed by atoms with van der Waals surface area (Å²) in [6.45, 7) is 4.82. The van der Waals surface area contributed by atoms with Crippen molar-refractivity contribution in [2.24, 2.45) is 0 Å². The largest absolute Gasteiger partial charge is 0.389 e. The third kappa shape index (κ3) is 2.80. The van der Waals surface area contributed by atoms with E-state index in [-0.39, 0.29) is 0 Å². The molecule has 4 nitrogen and oxygen atoms in total. The molecule has 1 rings (SSSR count). The fraction of sp³-hybridized carbons (Fsp3) is 0.700. The van der Waals surface area contributed by atoms with Crippen molar-refractivity contribution in [3.8, 4) is 0 Å². The van der Waals surface area contributed by atoms with Gasteiger partial charge in [0.2, 0.25) is 0 Å². The SMILES string of the molecule is CCCn1ncc(C(O)C(O)CBr)c1C. The van der Waals surface area contributed by atoms with E-state index in [4.69, 9.17) is 0 Å². The molecule has 86 valence electrons. The third-order valence-electron chi connectivity index (χ3n) is 2.42. The van der Waals surface area contributed by atoms with Crippen molar-refractivity contribution in [3.05, 3.63) is 17.5 Å². The average Bonchev–Trinajstić information content (AvgIpc) is 2.59. The molecule has 2 atom stereocenters. The van der Waals surface area contributed by atoms with Gasteiger partial charge in [-0.15, -0.1) is 0 Å². The van der Waals surface area contributed by atoms with Crippen molar-refractivity contribution in [2.45, 2.75) is 39.0 Å². The van der Waals surface area contributed by atoms with Gasteiger partial charge in [0.25, 0.3) is 0 Å². The highest BCUT2D eigenvalue weighted by Crippen LogP contribution is 2.21. The minimum atomic E-state index is -0.866. The molecule has 2 N–H and O–H groups in total. The van der Waals surface area contributed by atoms with Gasteiger partial charge in [-0.1, -0.05) is 22.9 Å². The van der Waals surface area contributed by atoms with Crippen LogP contribution in [0.4, 0.5) is 0 Å². The van der Waals surface area contributed by atoms with Crippen LogP contribution in [0.15, 0.2) is 6.20 Å². The number of aryl methyl sites for hydroxylation is 1. The fourth-order valence-corrected chi connectivity index (χ4v) is 1.83. The number of rotatable bonds is 5. The minimum Gasteiger partial charge on any atom is -0.389 e. The summed E-state index contributed by atoms with van der Waals surface area (Å²) in [7, 11) is 0. The van der Waals surface area contributed by atoms with E-state index in [1.165, 1.54) is 0 Å². The molecule has 15 heavy (non-hydrogen) atoms. The lowest BCUT2D eigenvalue weighted by atomic mass is 10.1. The first-order valence-corrected chi connectivity index (χ1v) is 6.18. The quantitative estimate of drug-likeness (QED) is 0.800. The lowest BCUT2D eigenvalue weighted by Gasteiger charge is -2.15. The van der Waals surface area contributed by atoms with Gasteiger partial charge in [0.05, 0.1) is 12.3 Å². The zero-order chi connectivity index (χ0) is 11.4. The van der Waals surface area contributed by atoms with Crippen LogP contribution in [-0.2, 0) is 6.54 Å². The Balaban J connectivity index is 2.85. The monoisotopic (exact) mass is 276 g/mol. The van der Waals surface area contributed by atoms with Crippen molar-refractivity contribution in [1.82, 2.24) is 9.78 Å².